The number of aromatic amines is 1. The standard InChI is InChI=1S/C8H8N4O/c13-6-8(7-5-9-11-10-7)12-3-1-2-4-12/h1-6,8H,(H,9,10,11). The predicted molar refractivity (Wildman–Crippen MR) is 45.0 cm³/mol. The van der Waals surface area contributed by atoms with Crippen molar-refractivity contribution >= 4 is 6.29 Å². The normalized spacial score (nSPS) is 12.6. The molecule has 1 atom stereocenters. The number of rotatable bonds is 3. The lowest BCUT2D eigenvalue weighted by atomic mass is 10.2. The highest BCUT2D eigenvalue weighted by Crippen LogP contribution is 2.11. The lowest BCUT2D eigenvalue weighted by Gasteiger charge is -2.07. The highest BCUT2D eigenvalue weighted by molar-refractivity contribution is 5.60. The first-order valence-corrected chi connectivity index (χ1v) is 3.85. The van der Waals surface area contributed by atoms with Gasteiger partial charge in [-0.15, -0.1) is 0 Å². The summed E-state index contributed by atoms with van der Waals surface area (Å²) in [5.41, 5.74) is 0.617. The molecular formula is C8H8N4O. The van der Waals surface area contributed by atoms with E-state index in [4.69, 9.17) is 0 Å². The van der Waals surface area contributed by atoms with Crippen LogP contribution in [0.1, 0.15) is 11.7 Å². The number of aldehydes is 1. The summed E-state index contributed by atoms with van der Waals surface area (Å²) in [6.45, 7) is 0. The van der Waals surface area contributed by atoms with E-state index in [1.807, 2.05) is 24.5 Å². The zero-order chi connectivity index (χ0) is 9.10. The van der Waals surface area contributed by atoms with Gasteiger partial charge >= 0.3 is 0 Å². The van der Waals surface area contributed by atoms with Crippen molar-refractivity contribution in [1.82, 2.24) is 20.0 Å². The van der Waals surface area contributed by atoms with Crippen LogP contribution in [0.25, 0.3) is 0 Å². The summed E-state index contributed by atoms with van der Waals surface area (Å²) >= 11 is 0. The Hall–Kier alpha value is -1.91. The molecule has 0 aliphatic carbocycles. The monoisotopic (exact) mass is 176 g/mol. The van der Waals surface area contributed by atoms with Crippen LogP contribution >= 0.6 is 0 Å². The van der Waals surface area contributed by atoms with E-state index in [1.54, 1.807) is 10.8 Å². The molecular weight excluding hydrogens is 168 g/mol. The van der Waals surface area contributed by atoms with Gasteiger partial charge in [0.15, 0.2) is 0 Å². The maximum atomic E-state index is 10.8. The van der Waals surface area contributed by atoms with Gasteiger partial charge in [-0.25, -0.2) is 0 Å². The molecule has 13 heavy (non-hydrogen) atoms. The zero-order valence-electron chi connectivity index (χ0n) is 6.79. The van der Waals surface area contributed by atoms with Gasteiger partial charge in [0.2, 0.25) is 0 Å². The molecule has 2 heterocycles. The first-order valence-electron chi connectivity index (χ1n) is 3.85. The molecule has 0 bridgehead atoms. The summed E-state index contributed by atoms with van der Waals surface area (Å²) in [4.78, 5) is 10.8. The minimum atomic E-state index is -0.381. The van der Waals surface area contributed by atoms with Crippen LogP contribution in [0.3, 0.4) is 0 Å². The van der Waals surface area contributed by atoms with E-state index < -0.39 is 0 Å². The maximum absolute atomic E-state index is 10.8. The Kier molecular flexibility index (Phi) is 1.91. The molecule has 2 aromatic rings. The SMILES string of the molecule is O=CC(c1cn[nH]n1)n1cccc1. The van der Waals surface area contributed by atoms with Gasteiger partial charge in [-0.05, 0) is 12.1 Å². The van der Waals surface area contributed by atoms with E-state index in [1.165, 1.54) is 0 Å². The molecule has 0 spiro atoms. The molecule has 2 aromatic heterocycles. The number of carbonyl (C=O) groups is 1. The van der Waals surface area contributed by atoms with Gasteiger partial charge in [-0.1, -0.05) is 0 Å². The van der Waals surface area contributed by atoms with Crippen molar-refractivity contribution in [3.8, 4) is 0 Å². The van der Waals surface area contributed by atoms with Crippen molar-refractivity contribution < 1.29 is 4.79 Å². The fourth-order valence-electron chi connectivity index (χ4n) is 1.18. The highest BCUT2D eigenvalue weighted by Gasteiger charge is 2.13. The maximum Gasteiger partial charge on any atom is 0.149 e. The summed E-state index contributed by atoms with van der Waals surface area (Å²) in [7, 11) is 0. The molecule has 0 aliphatic rings. The molecule has 0 amide bonds. The van der Waals surface area contributed by atoms with Crippen LogP contribution in [0.5, 0.6) is 0 Å². The first kappa shape index (κ1) is 7.72. The van der Waals surface area contributed by atoms with Crippen LogP contribution in [0.4, 0.5) is 0 Å². The minimum Gasteiger partial charge on any atom is -0.338 e. The molecule has 66 valence electrons. The lowest BCUT2D eigenvalue weighted by Crippen LogP contribution is -2.10. The molecule has 0 saturated heterocycles. The molecule has 0 radical (unpaired) electrons. The molecule has 1 N–H and O–H groups in total. The number of H-pyrrole nitrogens is 1. The van der Waals surface area contributed by atoms with E-state index in [2.05, 4.69) is 15.4 Å². The second-order valence-corrected chi connectivity index (χ2v) is 2.61. The van der Waals surface area contributed by atoms with Gasteiger partial charge in [0, 0.05) is 12.4 Å². The van der Waals surface area contributed by atoms with Crippen LogP contribution in [0.2, 0.25) is 0 Å². The van der Waals surface area contributed by atoms with Crippen LogP contribution in [0, 0.1) is 0 Å². The van der Waals surface area contributed by atoms with E-state index in [9.17, 15) is 4.79 Å². The lowest BCUT2D eigenvalue weighted by molar-refractivity contribution is -0.109. The Balaban J connectivity index is 2.35. The van der Waals surface area contributed by atoms with Crippen molar-refractivity contribution in [3.63, 3.8) is 0 Å². The fraction of sp³-hybridized carbons (Fsp3) is 0.125. The Morgan fingerprint density at radius 2 is 2.23 bits per heavy atom. The van der Waals surface area contributed by atoms with Crippen LogP contribution in [-0.2, 0) is 4.79 Å². The molecule has 0 fully saturated rings. The second-order valence-electron chi connectivity index (χ2n) is 2.61. The third-order valence-electron chi connectivity index (χ3n) is 1.81. The average molecular weight is 176 g/mol. The Labute approximate surface area is 74.4 Å². The van der Waals surface area contributed by atoms with Gasteiger partial charge < -0.3 is 9.36 Å². The second kappa shape index (κ2) is 3.22. The van der Waals surface area contributed by atoms with Crippen LogP contribution < -0.4 is 0 Å². The Morgan fingerprint density at radius 3 is 2.77 bits per heavy atom. The van der Waals surface area contributed by atoms with Crippen molar-refractivity contribution in [2.75, 3.05) is 0 Å². The van der Waals surface area contributed by atoms with Crippen molar-refractivity contribution in [2.45, 2.75) is 6.04 Å². The van der Waals surface area contributed by atoms with E-state index in [-0.39, 0.29) is 6.04 Å². The highest BCUT2D eigenvalue weighted by atomic mass is 16.1. The molecule has 0 saturated carbocycles. The molecule has 0 aromatic carbocycles. The molecule has 5 nitrogen and oxygen atoms in total. The molecule has 0 aliphatic heterocycles. The van der Waals surface area contributed by atoms with E-state index in [0.29, 0.717) is 5.69 Å². The smallest absolute Gasteiger partial charge is 0.149 e. The number of hydrogen-bond donors (Lipinski definition) is 1. The third kappa shape index (κ3) is 1.35. The average Bonchev–Trinajstić information content (AvgIpc) is 2.76. The Morgan fingerprint density at radius 1 is 1.46 bits per heavy atom. The number of aromatic nitrogens is 4. The fourth-order valence-corrected chi connectivity index (χ4v) is 1.18. The zero-order valence-corrected chi connectivity index (χ0v) is 6.79. The summed E-state index contributed by atoms with van der Waals surface area (Å²) in [5.74, 6) is 0. The third-order valence-corrected chi connectivity index (χ3v) is 1.81. The minimum absolute atomic E-state index is 0.381. The number of hydrogen-bond acceptors (Lipinski definition) is 3. The first-order chi connectivity index (χ1) is 6.42. The molecule has 5 heteroatoms. The van der Waals surface area contributed by atoms with Gasteiger partial charge in [0.25, 0.3) is 0 Å². The number of carbonyl (C=O) groups excluding carboxylic acids is 1. The van der Waals surface area contributed by atoms with Crippen LogP contribution in [0.15, 0.2) is 30.7 Å². The van der Waals surface area contributed by atoms with Crippen LogP contribution in [-0.4, -0.2) is 26.3 Å². The number of nitrogens with one attached hydrogen (secondary N) is 1. The predicted octanol–water partition coefficient (Wildman–Crippen LogP) is 0.394. The molecule has 1 unspecified atom stereocenters. The van der Waals surface area contributed by atoms with Crippen molar-refractivity contribution in [3.05, 3.63) is 36.4 Å². The van der Waals surface area contributed by atoms with Crippen molar-refractivity contribution in [1.29, 1.82) is 0 Å². The van der Waals surface area contributed by atoms with E-state index >= 15 is 0 Å². The van der Waals surface area contributed by atoms with E-state index in [0.717, 1.165) is 6.29 Å². The summed E-state index contributed by atoms with van der Waals surface area (Å²) in [5, 5.41) is 9.98. The Bertz CT molecular complexity index is 331. The summed E-state index contributed by atoms with van der Waals surface area (Å²) < 4.78 is 1.77. The van der Waals surface area contributed by atoms with Gasteiger partial charge in [0.05, 0.1) is 6.20 Å². The van der Waals surface area contributed by atoms with Gasteiger partial charge in [0.1, 0.15) is 18.0 Å². The largest absolute Gasteiger partial charge is 0.338 e. The molecule has 2 rings (SSSR count). The summed E-state index contributed by atoms with van der Waals surface area (Å²) in [6, 6.07) is 3.33. The van der Waals surface area contributed by atoms with Gasteiger partial charge in [-0.3, -0.25) is 0 Å². The quantitative estimate of drug-likeness (QED) is 0.688. The van der Waals surface area contributed by atoms with Crippen molar-refractivity contribution in [2.24, 2.45) is 0 Å². The summed E-state index contributed by atoms with van der Waals surface area (Å²) in [6.07, 6.45) is 6.00. The van der Waals surface area contributed by atoms with Gasteiger partial charge in [-0.2, -0.15) is 15.4 Å². The topological polar surface area (TPSA) is 63.6 Å². The number of nitrogens with zero attached hydrogens (tertiary/aromatic N) is 3.